The molecule has 0 radical (unpaired) electrons. The summed E-state index contributed by atoms with van der Waals surface area (Å²) in [6, 6.07) is -0.531. The second-order valence-corrected chi connectivity index (χ2v) is 6.58. The maximum absolute atomic E-state index is 13.0. The Balaban J connectivity index is 1.89. The first-order valence-electron chi connectivity index (χ1n) is 8.83. The fourth-order valence-electron chi connectivity index (χ4n) is 2.69. The van der Waals surface area contributed by atoms with Crippen LogP contribution in [0.3, 0.4) is 0 Å². The summed E-state index contributed by atoms with van der Waals surface area (Å²) in [6.45, 7) is 1.36. The standard InChI is InChI=1S/C18H12F6N6O3/c1-8(14-27-7-28-30(14)13-6-25-12(5-26-13)16(32)33)29-15(31)9-2-10(17(19,20)21)4-11(3-9)18(22,23)24/h2-8H,1H3,(H,29,31)(H,32,33). The lowest BCUT2D eigenvalue weighted by molar-refractivity contribution is -0.143. The number of hydrogen-bond donors (Lipinski definition) is 2. The van der Waals surface area contributed by atoms with Crippen LogP contribution in [0.25, 0.3) is 5.82 Å². The summed E-state index contributed by atoms with van der Waals surface area (Å²) in [6.07, 6.45) is -7.17. The number of alkyl halides is 6. The van der Waals surface area contributed by atoms with E-state index in [0.717, 1.165) is 23.4 Å². The number of nitrogens with one attached hydrogen (secondary N) is 1. The number of hydrogen-bond acceptors (Lipinski definition) is 6. The molecular formula is C18H12F6N6O3. The molecule has 0 aliphatic carbocycles. The smallest absolute Gasteiger partial charge is 0.416 e. The number of aromatic nitrogens is 5. The Morgan fingerprint density at radius 1 is 0.970 bits per heavy atom. The summed E-state index contributed by atoms with van der Waals surface area (Å²) >= 11 is 0. The molecule has 0 fully saturated rings. The lowest BCUT2D eigenvalue weighted by atomic mass is 10.0. The molecule has 1 atom stereocenters. The third kappa shape index (κ3) is 5.24. The van der Waals surface area contributed by atoms with Gasteiger partial charge in [-0.05, 0) is 25.1 Å². The van der Waals surface area contributed by atoms with Crippen molar-refractivity contribution >= 4 is 11.9 Å². The Kier molecular flexibility index (Phi) is 6.07. The fourth-order valence-corrected chi connectivity index (χ4v) is 2.69. The summed E-state index contributed by atoms with van der Waals surface area (Å²) in [5.41, 5.74) is -4.48. The fraction of sp³-hybridized carbons (Fsp3) is 0.222. The first-order valence-corrected chi connectivity index (χ1v) is 8.83. The Labute approximate surface area is 180 Å². The van der Waals surface area contributed by atoms with Crippen LogP contribution in [0.5, 0.6) is 0 Å². The molecule has 0 aliphatic rings. The van der Waals surface area contributed by atoms with Gasteiger partial charge in [-0.1, -0.05) is 0 Å². The van der Waals surface area contributed by atoms with Gasteiger partial charge in [0.2, 0.25) is 0 Å². The molecule has 1 aromatic carbocycles. The molecule has 2 heterocycles. The highest BCUT2D eigenvalue weighted by Gasteiger charge is 2.37. The average molecular weight is 474 g/mol. The van der Waals surface area contributed by atoms with Crippen molar-refractivity contribution in [3.05, 3.63) is 65.1 Å². The molecule has 3 rings (SSSR count). The van der Waals surface area contributed by atoms with Gasteiger partial charge in [0, 0.05) is 5.56 Å². The summed E-state index contributed by atoms with van der Waals surface area (Å²) in [5.74, 6) is -2.54. The van der Waals surface area contributed by atoms with E-state index < -0.39 is 47.0 Å². The number of amides is 1. The van der Waals surface area contributed by atoms with E-state index in [-0.39, 0.29) is 23.4 Å². The van der Waals surface area contributed by atoms with Crippen molar-refractivity contribution in [1.82, 2.24) is 30.0 Å². The maximum Gasteiger partial charge on any atom is 0.416 e. The van der Waals surface area contributed by atoms with Gasteiger partial charge in [-0.2, -0.15) is 36.1 Å². The molecule has 1 unspecified atom stereocenters. The minimum atomic E-state index is -5.11. The van der Waals surface area contributed by atoms with E-state index in [1.807, 2.05) is 0 Å². The molecule has 0 saturated heterocycles. The van der Waals surface area contributed by atoms with Gasteiger partial charge in [0.25, 0.3) is 5.91 Å². The Hall–Kier alpha value is -4.04. The van der Waals surface area contributed by atoms with Gasteiger partial charge in [-0.3, -0.25) is 4.79 Å². The van der Waals surface area contributed by atoms with Crippen molar-refractivity contribution in [2.24, 2.45) is 0 Å². The Morgan fingerprint density at radius 3 is 2.06 bits per heavy atom. The van der Waals surface area contributed by atoms with E-state index in [2.05, 4.69) is 25.4 Å². The zero-order valence-electron chi connectivity index (χ0n) is 16.3. The number of rotatable bonds is 5. The van der Waals surface area contributed by atoms with Gasteiger partial charge in [0.05, 0.1) is 29.6 Å². The number of benzene rings is 1. The first kappa shape index (κ1) is 23.6. The molecule has 0 aliphatic heterocycles. The second-order valence-electron chi connectivity index (χ2n) is 6.58. The highest BCUT2D eigenvalue weighted by molar-refractivity contribution is 5.95. The molecule has 2 N–H and O–H groups in total. The number of carboxylic acid groups (broad SMARTS) is 1. The van der Waals surface area contributed by atoms with Crippen LogP contribution in [-0.2, 0) is 12.4 Å². The van der Waals surface area contributed by atoms with Crippen LogP contribution in [0.4, 0.5) is 26.3 Å². The van der Waals surface area contributed by atoms with Gasteiger partial charge in [-0.15, -0.1) is 0 Å². The molecule has 1 amide bonds. The van der Waals surface area contributed by atoms with E-state index in [4.69, 9.17) is 5.11 Å². The number of carbonyl (C=O) groups is 2. The van der Waals surface area contributed by atoms with Crippen LogP contribution in [0.1, 0.15) is 50.8 Å². The van der Waals surface area contributed by atoms with Crippen molar-refractivity contribution in [3.8, 4) is 5.82 Å². The molecule has 0 bridgehead atoms. The maximum atomic E-state index is 13.0. The summed E-state index contributed by atoms with van der Waals surface area (Å²) in [5, 5.41) is 15.0. The molecule has 9 nitrogen and oxygen atoms in total. The number of aromatic carboxylic acids is 1. The molecule has 3 aromatic rings. The van der Waals surface area contributed by atoms with Gasteiger partial charge >= 0.3 is 18.3 Å². The van der Waals surface area contributed by atoms with E-state index in [9.17, 15) is 35.9 Å². The molecule has 0 saturated carbocycles. The molecule has 33 heavy (non-hydrogen) atoms. The summed E-state index contributed by atoms with van der Waals surface area (Å²) in [7, 11) is 0. The van der Waals surface area contributed by atoms with Crippen LogP contribution in [0, 0.1) is 0 Å². The third-order valence-corrected chi connectivity index (χ3v) is 4.23. The van der Waals surface area contributed by atoms with Gasteiger partial charge in [0.1, 0.15) is 6.33 Å². The number of halogens is 6. The van der Waals surface area contributed by atoms with Gasteiger partial charge in [-0.25, -0.2) is 19.7 Å². The number of nitrogens with zero attached hydrogens (tertiary/aromatic N) is 5. The van der Waals surface area contributed by atoms with Crippen molar-refractivity contribution in [2.75, 3.05) is 0 Å². The molecule has 15 heteroatoms. The number of carbonyl (C=O) groups excluding carboxylic acids is 1. The highest BCUT2D eigenvalue weighted by Crippen LogP contribution is 2.36. The van der Waals surface area contributed by atoms with Crippen molar-refractivity contribution < 1.29 is 41.0 Å². The lowest BCUT2D eigenvalue weighted by Gasteiger charge is -2.17. The SMILES string of the molecule is CC(NC(=O)c1cc(C(F)(F)F)cc(C(F)(F)F)c1)c1ncnn1-c1cnc(C(=O)O)cn1. The second kappa shape index (κ2) is 8.48. The Bertz CT molecular complexity index is 1160. The first-order chi connectivity index (χ1) is 15.3. The van der Waals surface area contributed by atoms with Crippen molar-refractivity contribution in [3.63, 3.8) is 0 Å². The zero-order chi connectivity index (χ0) is 24.6. The van der Waals surface area contributed by atoms with Crippen molar-refractivity contribution in [2.45, 2.75) is 25.3 Å². The zero-order valence-corrected chi connectivity index (χ0v) is 16.3. The quantitative estimate of drug-likeness (QED) is 0.544. The normalized spacial score (nSPS) is 12.9. The summed E-state index contributed by atoms with van der Waals surface area (Å²) in [4.78, 5) is 34.8. The van der Waals surface area contributed by atoms with Crippen LogP contribution >= 0.6 is 0 Å². The molecule has 174 valence electrons. The van der Waals surface area contributed by atoms with E-state index in [0.29, 0.717) is 12.1 Å². The molecule has 2 aromatic heterocycles. The summed E-state index contributed by atoms with van der Waals surface area (Å²) < 4.78 is 79.3. The van der Waals surface area contributed by atoms with E-state index in [1.165, 1.54) is 6.92 Å². The average Bonchev–Trinajstić information content (AvgIpc) is 3.22. The molecular weight excluding hydrogens is 462 g/mol. The van der Waals surface area contributed by atoms with Crippen molar-refractivity contribution in [1.29, 1.82) is 0 Å². The van der Waals surface area contributed by atoms with Crippen LogP contribution < -0.4 is 5.32 Å². The van der Waals surface area contributed by atoms with Gasteiger partial charge < -0.3 is 10.4 Å². The third-order valence-electron chi connectivity index (χ3n) is 4.23. The molecule has 0 spiro atoms. The van der Waals surface area contributed by atoms with E-state index >= 15 is 0 Å². The topological polar surface area (TPSA) is 123 Å². The predicted molar refractivity (Wildman–Crippen MR) is 96.2 cm³/mol. The predicted octanol–water partition coefficient (Wildman–Crippen LogP) is 3.28. The van der Waals surface area contributed by atoms with Crippen LogP contribution in [0.2, 0.25) is 0 Å². The van der Waals surface area contributed by atoms with Crippen LogP contribution in [0.15, 0.2) is 36.9 Å². The van der Waals surface area contributed by atoms with E-state index in [1.54, 1.807) is 0 Å². The Morgan fingerprint density at radius 2 is 1.58 bits per heavy atom. The lowest BCUT2D eigenvalue weighted by Crippen LogP contribution is -2.29. The van der Waals surface area contributed by atoms with Gasteiger partial charge in [0.15, 0.2) is 17.3 Å². The number of carboxylic acids is 1. The minimum Gasteiger partial charge on any atom is -0.476 e. The largest absolute Gasteiger partial charge is 0.476 e. The minimum absolute atomic E-state index is 0.00347. The monoisotopic (exact) mass is 474 g/mol. The van der Waals surface area contributed by atoms with Crippen LogP contribution in [-0.4, -0.2) is 41.7 Å². The highest BCUT2D eigenvalue weighted by atomic mass is 19.4.